The normalized spacial score (nSPS) is 24.6. The molecule has 12 heteroatoms. The van der Waals surface area contributed by atoms with Crippen molar-refractivity contribution in [1.29, 1.82) is 0 Å². The molecule has 2 heterocycles. The maximum atomic E-state index is 14.6. The Morgan fingerprint density at radius 3 is 2.57 bits per heavy atom. The SMILES string of the molecule is NC(=O)[C@H]1CC[C@@H](n2c(Nc3c(F)cc(F)cc3Cl)nc3cnc(NC4CCC[C@H]4O)nc32)CC1. The van der Waals surface area contributed by atoms with Crippen LogP contribution in [0, 0.1) is 17.6 Å². The highest BCUT2D eigenvalue weighted by atomic mass is 35.5. The summed E-state index contributed by atoms with van der Waals surface area (Å²) < 4.78 is 30.0. The number of fused-ring (bicyclic) bond motifs is 1. The molecular formula is C23H26ClF2N7O2. The first kappa shape index (κ1) is 23.7. The number of carbonyl (C=O) groups excluding carboxylic acids is 1. The summed E-state index contributed by atoms with van der Waals surface area (Å²) in [5, 5.41) is 16.2. The fourth-order valence-corrected chi connectivity index (χ4v) is 5.30. The van der Waals surface area contributed by atoms with E-state index in [4.69, 9.17) is 17.3 Å². The second-order valence-electron chi connectivity index (χ2n) is 9.23. The fraction of sp³-hybridized carbons (Fsp3) is 0.478. The molecule has 2 aromatic heterocycles. The minimum absolute atomic E-state index is 0.0970. The predicted molar refractivity (Wildman–Crippen MR) is 127 cm³/mol. The summed E-state index contributed by atoms with van der Waals surface area (Å²) in [5.74, 6) is -1.52. The zero-order chi connectivity index (χ0) is 24.7. The lowest BCUT2D eigenvalue weighted by Gasteiger charge is -2.29. The van der Waals surface area contributed by atoms with Crippen LogP contribution in [0.15, 0.2) is 18.3 Å². The third kappa shape index (κ3) is 4.74. The van der Waals surface area contributed by atoms with Crippen molar-refractivity contribution < 1.29 is 18.7 Å². The molecule has 2 fully saturated rings. The van der Waals surface area contributed by atoms with Crippen molar-refractivity contribution in [2.75, 3.05) is 10.6 Å². The summed E-state index contributed by atoms with van der Waals surface area (Å²) in [6.45, 7) is 0. The van der Waals surface area contributed by atoms with Gasteiger partial charge in [0, 0.05) is 18.0 Å². The molecule has 0 aliphatic heterocycles. The maximum Gasteiger partial charge on any atom is 0.225 e. The van der Waals surface area contributed by atoms with Crippen molar-refractivity contribution in [3.63, 3.8) is 0 Å². The first-order valence-electron chi connectivity index (χ1n) is 11.7. The lowest BCUT2D eigenvalue weighted by atomic mass is 9.85. The molecule has 3 aromatic rings. The van der Waals surface area contributed by atoms with Crippen molar-refractivity contribution in [3.05, 3.63) is 35.0 Å². The van der Waals surface area contributed by atoms with Crippen molar-refractivity contribution in [1.82, 2.24) is 19.5 Å². The van der Waals surface area contributed by atoms with Crippen LogP contribution in [-0.2, 0) is 4.79 Å². The van der Waals surface area contributed by atoms with Gasteiger partial charge in [-0.25, -0.2) is 18.7 Å². The van der Waals surface area contributed by atoms with Crippen LogP contribution in [0.4, 0.5) is 26.4 Å². The molecule has 2 aliphatic carbocycles. The topological polar surface area (TPSA) is 131 Å². The number of benzene rings is 1. The van der Waals surface area contributed by atoms with Crippen molar-refractivity contribution in [2.45, 2.75) is 63.1 Å². The molecule has 1 amide bonds. The van der Waals surface area contributed by atoms with Gasteiger partial charge in [0.15, 0.2) is 11.5 Å². The molecule has 5 rings (SSSR count). The number of aliphatic hydroxyl groups is 1. The van der Waals surface area contributed by atoms with E-state index < -0.39 is 17.7 Å². The molecular weight excluding hydrogens is 480 g/mol. The number of aliphatic hydroxyl groups excluding tert-OH is 1. The van der Waals surface area contributed by atoms with E-state index in [2.05, 4.69) is 25.6 Å². The lowest BCUT2D eigenvalue weighted by Crippen LogP contribution is -2.29. The molecule has 9 nitrogen and oxygen atoms in total. The third-order valence-corrected chi connectivity index (χ3v) is 7.23. The molecule has 35 heavy (non-hydrogen) atoms. The average Bonchev–Trinajstić information content (AvgIpc) is 3.38. The number of nitrogens with one attached hydrogen (secondary N) is 2. The molecule has 1 unspecified atom stereocenters. The van der Waals surface area contributed by atoms with E-state index in [-0.39, 0.29) is 40.6 Å². The summed E-state index contributed by atoms with van der Waals surface area (Å²) in [5.41, 5.74) is 6.39. The molecule has 0 radical (unpaired) electrons. The molecule has 0 bridgehead atoms. The first-order chi connectivity index (χ1) is 16.8. The average molecular weight is 506 g/mol. The Balaban J connectivity index is 1.54. The Hall–Kier alpha value is -3.05. The van der Waals surface area contributed by atoms with Gasteiger partial charge in [-0.3, -0.25) is 9.36 Å². The van der Waals surface area contributed by atoms with E-state index in [1.165, 1.54) is 0 Å². The Morgan fingerprint density at radius 1 is 1.14 bits per heavy atom. The summed E-state index contributed by atoms with van der Waals surface area (Å²) in [6, 6.07) is 1.53. The monoisotopic (exact) mass is 505 g/mol. The van der Waals surface area contributed by atoms with Gasteiger partial charge in [0.05, 0.1) is 29.1 Å². The van der Waals surface area contributed by atoms with Crippen LogP contribution in [0.2, 0.25) is 5.02 Å². The summed E-state index contributed by atoms with van der Waals surface area (Å²) in [7, 11) is 0. The Morgan fingerprint density at radius 2 is 1.91 bits per heavy atom. The number of hydrogen-bond donors (Lipinski definition) is 4. The highest BCUT2D eigenvalue weighted by Gasteiger charge is 2.30. The number of amides is 1. The Kier molecular flexibility index (Phi) is 6.45. The van der Waals surface area contributed by atoms with E-state index in [1.54, 1.807) is 6.20 Å². The van der Waals surface area contributed by atoms with Crippen molar-refractivity contribution in [2.24, 2.45) is 11.7 Å². The lowest BCUT2D eigenvalue weighted by molar-refractivity contribution is -0.122. The maximum absolute atomic E-state index is 14.6. The van der Waals surface area contributed by atoms with Crippen LogP contribution in [0.25, 0.3) is 11.2 Å². The van der Waals surface area contributed by atoms with Crippen molar-refractivity contribution in [3.8, 4) is 0 Å². The van der Waals surface area contributed by atoms with Gasteiger partial charge in [-0.1, -0.05) is 11.6 Å². The second kappa shape index (κ2) is 9.54. The molecule has 2 atom stereocenters. The number of carbonyl (C=O) groups is 1. The molecule has 0 saturated heterocycles. The van der Waals surface area contributed by atoms with Crippen LogP contribution in [0.5, 0.6) is 0 Å². The summed E-state index contributed by atoms with van der Waals surface area (Å²) in [6.07, 6.45) is 6.04. The number of primary amides is 1. The van der Waals surface area contributed by atoms with Gasteiger partial charge in [-0.05, 0) is 51.0 Å². The highest BCUT2D eigenvalue weighted by Crippen LogP contribution is 2.38. The minimum atomic E-state index is -0.852. The molecule has 0 spiro atoms. The van der Waals surface area contributed by atoms with Gasteiger partial charge in [-0.15, -0.1) is 0 Å². The number of hydrogen-bond acceptors (Lipinski definition) is 7. The predicted octanol–water partition coefficient (Wildman–Crippen LogP) is 4.04. The third-order valence-electron chi connectivity index (χ3n) is 6.93. The van der Waals surface area contributed by atoms with Gasteiger partial charge < -0.3 is 21.5 Å². The largest absolute Gasteiger partial charge is 0.391 e. The van der Waals surface area contributed by atoms with Crippen molar-refractivity contribution >= 4 is 46.3 Å². The molecule has 5 N–H and O–H groups in total. The van der Waals surface area contributed by atoms with Gasteiger partial charge in [0.2, 0.25) is 17.8 Å². The quantitative estimate of drug-likeness (QED) is 0.397. The van der Waals surface area contributed by atoms with Gasteiger partial charge in [-0.2, -0.15) is 4.98 Å². The van der Waals surface area contributed by atoms with Gasteiger partial charge in [0.25, 0.3) is 0 Å². The molecule has 1 aromatic carbocycles. The van der Waals surface area contributed by atoms with E-state index >= 15 is 0 Å². The molecule has 2 saturated carbocycles. The number of aromatic nitrogens is 4. The van der Waals surface area contributed by atoms with E-state index in [1.807, 2.05) is 4.57 Å². The van der Waals surface area contributed by atoms with Gasteiger partial charge in [0.1, 0.15) is 11.3 Å². The zero-order valence-corrected chi connectivity index (χ0v) is 19.6. The first-order valence-corrected chi connectivity index (χ1v) is 12.1. The summed E-state index contributed by atoms with van der Waals surface area (Å²) in [4.78, 5) is 25.2. The number of rotatable bonds is 6. The zero-order valence-electron chi connectivity index (χ0n) is 18.8. The standard InChI is InChI=1S/C23H26ClF2N7O2/c24-14-8-12(25)9-15(26)19(14)31-23-30-17-10-28-22(29-16-2-1-3-18(16)34)32-21(17)33(23)13-6-4-11(5-7-13)20(27)35/h8-11,13,16,18,34H,1-7H2,(H2,27,35)(H,30,31)(H,28,29,32)/t11-,13+,16?,18-/m1/s1. The van der Waals surface area contributed by atoms with Gasteiger partial charge >= 0.3 is 0 Å². The van der Waals surface area contributed by atoms with Crippen LogP contribution >= 0.6 is 11.6 Å². The Labute approximate surface area is 205 Å². The van der Waals surface area contributed by atoms with Crippen LogP contribution in [0.1, 0.15) is 51.0 Å². The Bertz CT molecular complexity index is 1240. The van der Waals surface area contributed by atoms with E-state index in [0.717, 1.165) is 31.4 Å². The fourth-order valence-electron chi connectivity index (χ4n) is 5.06. The highest BCUT2D eigenvalue weighted by molar-refractivity contribution is 6.33. The van der Waals surface area contributed by atoms with Crippen LogP contribution in [0.3, 0.4) is 0 Å². The summed E-state index contributed by atoms with van der Waals surface area (Å²) >= 11 is 6.12. The van der Waals surface area contributed by atoms with E-state index in [0.29, 0.717) is 42.8 Å². The number of imidazole rings is 1. The van der Waals surface area contributed by atoms with E-state index in [9.17, 15) is 18.7 Å². The number of nitrogens with two attached hydrogens (primary N) is 1. The van der Waals surface area contributed by atoms with Crippen LogP contribution in [-0.4, -0.2) is 42.7 Å². The number of anilines is 3. The number of nitrogens with zero attached hydrogens (tertiary/aromatic N) is 4. The molecule has 186 valence electrons. The molecule has 2 aliphatic rings. The minimum Gasteiger partial charge on any atom is -0.391 e. The second-order valence-corrected chi connectivity index (χ2v) is 9.64. The van der Waals surface area contributed by atoms with Crippen LogP contribution < -0.4 is 16.4 Å². The smallest absolute Gasteiger partial charge is 0.225 e. The number of halogens is 3.